The fourth-order valence-electron chi connectivity index (χ4n) is 2.87. The van der Waals surface area contributed by atoms with E-state index in [1.165, 1.54) is 37.1 Å². The second-order valence-corrected chi connectivity index (χ2v) is 6.00. The summed E-state index contributed by atoms with van der Waals surface area (Å²) in [6, 6.07) is 0.400. The summed E-state index contributed by atoms with van der Waals surface area (Å²) < 4.78 is 0. The van der Waals surface area contributed by atoms with Gasteiger partial charge in [0.1, 0.15) is 0 Å². The second-order valence-electron chi connectivity index (χ2n) is 5.02. The maximum Gasteiger partial charge on any atom is 0.0928 e. The highest BCUT2D eigenvalue weighted by atomic mass is 32.1. The highest BCUT2D eigenvalue weighted by Gasteiger charge is 2.28. The fourth-order valence-corrected chi connectivity index (χ4v) is 3.58. The number of hydrogen-bond donors (Lipinski definition) is 1. The van der Waals surface area contributed by atoms with Gasteiger partial charge >= 0.3 is 0 Å². The van der Waals surface area contributed by atoms with Crippen LogP contribution in [0.25, 0.3) is 0 Å². The Hall–Kier alpha value is -0.410. The van der Waals surface area contributed by atoms with Crippen molar-refractivity contribution in [1.82, 2.24) is 4.98 Å². The molecule has 3 atom stereocenters. The van der Waals surface area contributed by atoms with Crippen molar-refractivity contribution in [3.8, 4) is 0 Å². The van der Waals surface area contributed by atoms with Crippen LogP contribution in [0.2, 0.25) is 0 Å². The molecule has 0 aromatic carbocycles. The van der Waals surface area contributed by atoms with Gasteiger partial charge in [0.15, 0.2) is 0 Å². The normalized spacial score (nSPS) is 30.5. The minimum Gasteiger partial charge on any atom is -0.327 e. The van der Waals surface area contributed by atoms with Gasteiger partial charge in [0, 0.05) is 24.0 Å². The first-order valence-corrected chi connectivity index (χ1v) is 7.31. The molecular weight excluding hydrogens is 216 g/mol. The van der Waals surface area contributed by atoms with Crippen LogP contribution in [-0.4, -0.2) is 11.0 Å². The third-order valence-corrected chi connectivity index (χ3v) is 4.57. The Morgan fingerprint density at radius 3 is 3.06 bits per heavy atom. The smallest absolute Gasteiger partial charge is 0.0928 e. The van der Waals surface area contributed by atoms with E-state index >= 15 is 0 Å². The van der Waals surface area contributed by atoms with E-state index in [4.69, 9.17) is 5.73 Å². The Balaban J connectivity index is 1.91. The molecule has 1 fully saturated rings. The number of nitrogens with zero attached hydrogens (tertiary/aromatic N) is 1. The van der Waals surface area contributed by atoms with E-state index in [0.717, 1.165) is 12.3 Å². The molecule has 1 aliphatic carbocycles. The monoisotopic (exact) mass is 238 g/mol. The van der Waals surface area contributed by atoms with Gasteiger partial charge in [-0.1, -0.05) is 19.8 Å². The topological polar surface area (TPSA) is 38.9 Å². The Labute approximate surface area is 102 Å². The lowest BCUT2D eigenvalue weighted by molar-refractivity contribution is 0.221. The summed E-state index contributed by atoms with van der Waals surface area (Å²) >= 11 is 1.77. The standard InChI is InChI=1S/C13H22N2S/c1-2-3-10-4-5-12(14)11(8-10)9-13-15-6-7-16-13/h6-7,10-12H,2-5,8-9,14H2,1H3. The van der Waals surface area contributed by atoms with Crippen LogP contribution in [-0.2, 0) is 6.42 Å². The first-order valence-electron chi connectivity index (χ1n) is 6.43. The van der Waals surface area contributed by atoms with Crippen molar-refractivity contribution in [2.75, 3.05) is 0 Å². The van der Waals surface area contributed by atoms with E-state index in [9.17, 15) is 0 Å². The van der Waals surface area contributed by atoms with Crippen molar-refractivity contribution in [1.29, 1.82) is 0 Å². The first kappa shape index (κ1) is 12.1. The summed E-state index contributed by atoms with van der Waals surface area (Å²) in [6.45, 7) is 2.28. The van der Waals surface area contributed by atoms with Crippen molar-refractivity contribution >= 4 is 11.3 Å². The molecule has 1 heterocycles. The second kappa shape index (κ2) is 5.78. The molecule has 3 heteroatoms. The molecule has 0 amide bonds. The molecule has 2 N–H and O–H groups in total. The van der Waals surface area contributed by atoms with E-state index in [-0.39, 0.29) is 0 Å². The Bertz CT molecular complexity index is 297. The van der Waals surface area contributed by atoms with Crippen LogP contribution in [0.1, 0.15) is 44.0 Å². The SMILES string of the molecule is CCCC1CCC(N)C(Cc2nccs2)C1. The minimum absolute atomic E-state index is 0.400. The van der Waals surface area contributed by atoms with Crippen molar-refractivity contribution in [3.63, 3.8) is 0 Å². The fraction of sp³-hybridized carbons (Fsp3) is 0.769. The van der Waals surface area contributed by atoms with Crippen molar-refractivity contribution in [2.45, 2.75) is 51.5 Å². The third kappa shape index (κ3) is 3.05. The summed E-state index contributed by atoms with van der Waals surface area (Å²) in [7, 11) is 0. The summed E-state index contributed by atoms with van der Waals surface area (Å²) in [4.78, 5) is 4.38. The highest BCUT2D eigenvalue weighted by molar-refractivity contribution is 7.09. The van der Waals surface area contributed by atoms with E-state index in [0.29, 0.717) is 12.0 Å². The molecule has 0 spiro atoms. The molecule has 16 heavy (non-hydrogen) atoms. The Kier molecular flexibility index (Phi) is 4.36. The highest BCUT2D eigenvalue weighted by Crippen LogP contribution is 2.33. The molecule has 1 aromatic heterocycles. The number of nitrogens with two attached hydrogens (primary N) is 1. The predicted octanol–water partition coefficient (Wildman–Crippen LogP) is 3.23. The number of aromatic nitrogens is 1. The average Bonchev–Trinajstić information content (AvgIpc) is 2.76. The molecular formula is C13H22N2S. The van der Waals surface area contributed by atoms with Gasteiger partial charge in [-0.25, -0.2) is 4.98 Å². The summed E-state index contributed by atoms with van der Waals surface area (Å²) in [5, 5.41) is 3.32. The summed E-state index contributed by atoms with van der Waals surface area (Å²) in [6.07, 6.45) is 9.54. The van der Waals surface area contributed by atoms with Crippen molar-refractivity contribution in [3.05, 3.63) is 16.6 Å². The zero-order chi connectivity index (χ0) is 11.4. The van der Waals surface area contributed by atoms with E-state index < -0.39 is 0 Å². The van der Waals surface area contributed by atoms with Crippen LogP contribution in [0.4, 0.5) is 0 Å². The van der Waals surface area contributed by atoms with Gasteiger partial charge in [0.2, 0.25) is 0 Å². The molecule has 1 saturated carbocycles. The molecule has 3 unspecified atom stereocenters. The summed E-state index contributed by atoms with van der Waals surface area (Å²) in [5.74, 6) is 1.58. The first-order chi connectivity index (χ1) is 7.79. The van der Waals surface area contributed by atoms with E-state index in [2.05, 4.69) is 17.3 Å². The van der Waals surface area contributed by atoms with Crippen LogP contribution in [0, 0.1) is 11.8 Å². The summed E-state index contributed by atoms with van der Waals surface area (Å²) in [5.41, 5.74) is 6.23. The molecule has 0 radical (unpaired) electrons. The van der Waals surface area contributed by atoms with Crippen LogP contribution < -0.4 is 5.73 Å². The minimum atomic E-state index is 0.400. The quantitative estimate of drug-likeness (QED) is 0.874. The van der Waals surface area contributed by atoms with Crippen molar-refractivity contribution < 1.29 is 0 Å². The largest absolute Gasteiger partial charge is 0.327 e. The molecule has 0 saturated heterocycles. The van der Waals surface area contributed by atoms with Gasteiger partial charge in [-0.3, -0.25) is 0 Å². The lowest BCUT2D eigenvalue weighted by Gasteiger charge is -2.33. The average molecular weight is 238 g/mol. The van der Waals surface area contributed by atoms with Crippen LogP contribution in [0.5, 0.6) is 0 Å². The molecule has 1 aromatic rings. The maximum atomic E-state index is 6.23. The zero-order valence-corrected chi connectivity index (χ0v) is 10.9. The van der Waals surface area contributed by atoms with Gasteiger partial charge in [0.25, 0.3) is 0 Å². The Morgan fingerprint density at radius 2 is 2.38 bits per heavy atom. The molecule has 1 aliphatic rings. The van der Waals surface area contributed by atoms with Gasteiger partial charge < -0.3 is 5.73 Å². The number of hydrogen-bond acceptors (Lipinski definition) is 3. The predicted molar refractivity (Wildman–Crippen MR) is 69.5 cm³/mol. The van der Waals surface area contributed by atoms with Gasteiger partial charge in [-0.15, -0.1) is 11.3 Å². The van der Waals surface area contributed by atoms with Crippen LogP contribution in [0.15, 0.2) is 11.6 Å². The van der Waals surface area contributed by atoms with Crippen LogP contribution >= 0.6 is 11.3 Å². The van der Waals surface area contributed by atoms with E-state index in [1.807, 2.05) is 6.20 Å². The lowest BCUT2D eigenvalue weighted by atomic mass is 9.75. The lowest BCUT2D eigenvalue weighted by Crippen LogP contribution is -2.37. The maximum absolute atomic E-state index is 6.23. The molecule has 0 aliphatic heterocycles. The molecule has 0 bridgehead atoms. The third-order valence-electron chi connectivity index (χ3n) is 3.77. The number of thiazole rings is 1. The zero-order valence-electron chi connectivity index (χ0n) is 10.1. The molecule has 2 rings (SSSR count). The van der Waals surface area contributed by atoms with Crippen LogP contribution in [0.3, 0.4) is 0 Å². The number of rotatable bonds is 4. The van der Waals surface area contributed by atoms with Gasteiger partial charge in [0.05, 0.1) is 5.01 Å². The van der Waals surface area contributed by atoms with E-state index in [1.54, 1.807) is 11.3 Å². The molecule has 90 valence electrons. The van der Waals surface area contributed by atoms with Gasteiger partial charge in [-0.05, 0) is 31.1 Å². The Morgan fingerprint density at radius 1 is 1.50 bits per heavy atom. The molecule has 2 nitrogen and oxygen atoms in total. The van der Waals surface area contributed by atoms with Crippen molar-refractivity contribution in [2.24, 2.45) is 17.6 Å². The van der Waals surface area contributed by atoms with Gasteiger partial charge in [-0.2, -0.15) is 0 Å².